The maximum Gasteiger partial charge on any atom is 0.164 e. The highest BCUT2D eigenvalue weighted by Gasteiger charge is 2.41. The van der Waals surface area contributed by atoms with Crippen LogP contribution in [0.1, 0.15) is 30.9 Å². The molecule has 0 radical (unpaired) electrons. The van der Waals surface area contributed by atoms with E-state index in [0.717, 1.165) is 35.5 Å². The smallest absolute Gasteiger partial charge is 0.164 e. The van der Waals surface area contributed by atoms with E-state index >= 15 is 0 Å². The molecule has 1 fully saturated rings. The van der Waals surface area contributed by atoms with Gasteiger partial charge < -0.3 is 14.6 Å². The van der Waals surface area contributed by atoms with Crippen molar-refractivity contribution in [2.45, 2.75) is 38.4 Å². The Bertz CT molecular complexity index is 618. The number of benzene rings is 2. The molecule has 0 unspecified atom stereocenters. The molecule has 2 aromatic rings. The average Bonchev–Trinajstić information content (AvgIpc) is 3.25. The third-order valence-corrected chi connectivity index (χ3v) is 3.93. The first kappa shape index (κ1) is 14.9. The Morgan fingerprint density at radius 1 is 1.00 bits per heavy atom. The summed E-state index contributed by atoms with van der Waals surface area (Å²) in [5.41, 5.74) is 1.59. The third-order valence-electron chi connectivity index (χ3n) is 3.93. The average molecular weight is 298 g/mol. The first-order valence-corrected chi connectivity index (χ1v) is 7.84. The van der Waals surface area contributed by atoms with Gasteiger partial charge in [-0.15, -0.1) is 0 Å². The quantitative estimate of drug-likeness (QED) is 0.846. The molecule has 3 heteroatoms. The molecule has 0 bridgehead atoms. The van der Waals surface area contributed by atoms with Crippen LogP contribution in [0.15, 0.2) is 48.5 Å². The summed E-state index contributed by atoms with van der Waals surface area (Å²) in [5.74, 6) is 1.51. The molecule has 116 valence electrons. The zero-order valence-corrected chi connectivity index (χ0v) is 12.9. The van der Waals surface area contributed by atoms with Crippen molar-refractivity contribution >= 4 is 0 Å². The summed E-state index contributed by atoms with van der Waals surface area (Å²) in [7, 11) is 0. The van der Waals surface area contributed by atoms with Gasteiger partial charge in [0.1, 0.15) is 6.61 Å². The van der Waals surface area contributed by atoms with E-state index in [2.05, 4.69) is 0 Å². The van der Waals surface area contributed by atoms with Crippen LogP contribution in [0.3, 0.4) is 0 Å². The zero-order chi connectivity index (χ0) is 15.4. The van der Waals surface area contributed by atoms with Crippen molar-refractivity contribution in [2.75, 3.05) is 6.61 Å². The predicted molar refractivity (Wildman–Crippen MR) is 86.3 cm³/mol. The van der Waals surface area contributed by atoms with Crippen LogP contribution in [-0.4, -0.2) is 17.3 Å². The number of rotatable bonds is 7. The summed E-state index contributed by atoms with van der Waals surface area (Å²) in [4.78, 5) is 0. The Labute approximate surface area is 131 Å². The Hall–Kier alpha value is -2.00. The van der Waals surface area contributed by atoms with Crippen molar-refractivity contribution in [3.05, 3.63) is 59.7 Å². The van der Waals surface area contributed by atoms with Crippen LogP contribution in [0.2, 0.25) is 0 Å². The lowest BCUT2D eigenvalue weighted by molar-refractivity contribution is 0.149. The SMILES string of the molecule is CCOc1cccc(CC2(O)CC2)c1OCc1ccccc1. The minimum absolute atomic E-state index is 0.496. The van der Waals surface area contributed by atoms with Gasteiger partial charge in [0.15, 0.2) is 11.5 Å². The van der Waals surface area contributed by atoms with Gasteiger partial charge in [-0.2, -0.15) is 0 Å². The predicted octanol–water partition coefficient (Wildman–Crippen LogP) is 3.73. The molecule has 3 nitrogen and oxygen atoms in total. The van der Waals surface area contributed by atoms with Crippen LogP contribution < -0.4 is 9.47 Å². The van der Waals surface area contributed by atoms with Gasteiger partial charge in [0.05, 0.1) is 12.2 Å². The van der Waals surface area contributed by atoms with E-state index in [-0.39, 0.29) is 0 Å². The Kier molecular flexibility index (Phi) is 4.34. The highest BCUT2D eigenvalue weighted by atomic mass is 16.5. The van der Waals surface area contributed by atoms with E-state index in [1.165, 1.54) is 0 Å². The number of ether oxygens (including phenoxy) is 2. The summed E-state index contributed by atoms with van der Waals surface area (Å²) in [6.45, 7) is 3.05. The van der Waals surface area contributed by atoms with E-state index in [4.69, 9.17) is 9.47 Å². The Morgan fingerprint density at radius 2 is 1.77 bits per heavy atom. The molecule has 0 heterocycles. The van der Waals surface area contributed by atoms with Crippen molar-refractivity contribution in [3.63, 3.8) is 0 Å². The second kappa shape index (κ2) is 6.41. The van der Waals surface area contributed by atoms with E-state index in [0.29, 0.717) is 19.6 Å². The topological polar surface area (TPSA) is 38.7 Å². The minimum atomic E-state index is -0.546. The van der Waals surface area contributed by atoms with Gasteiger partial charge in [0, 0.05) is 12.0 Å². The molecular weight excluding hydrogens is 276 g/mol. The molecule has 1 aliphatic rings. The zero-order valence-electron chi connectivity index (χ0n) is 12.9. The van der Waals surface area contributed by atoms with E-state index in [1.54, 1.807) is 0 Å². The summed E-state index contributed by atoms with van der Waals surface area (Å²) < 4.78 is 11.7. The lowest BCUT2D eigenvalue weighted by Crippen LogP contribution is -2.12. The van der Waals surface area contributed by atoms with Crippen molar-refractivity contribution in [2.24, 2.45) is 0 Å². The second-order valence-corrected chi connectivity index (χ2v) is 5.85. The lowest BCUT2D eigenvalue weighted by atomic mass is 10.0. The highest BCUT2D eigenvalue weighted by molar-refractivity contribution is 5.47. The van der Waals surface area contributed by atoms with Gasteiger partial charge in [-0.25, -0.2) is 0 Å². The second-order valence-electron chi connectivity index (χ2n) is 5.85. The Morgan fingerprint density at radius 3 is 2.45 bits per heavy atom. The summed E-state index contributed by atoms with van der Waals surface area (Å²) in [6.07, 6.45) is 2.35. The van der Waals surface area contributed by atoms with Crippen LogP contribution in [-0.2, 0) is 13.0 Å². The molecule has 0 amide bonds. The molecule has 1 N–H and O–H groups in total. The third kappa shape index (κ3) is 3.60. The monoisotopic (exact) mass is 298 g/mol. The molecule has 0 aromatic heterocycles. The standard InChI is InChI=1S/C19H22O3/c1-2-21-17-10-6-9-16(13-19(20)11-12-19)18(17)22-14-15-7-4-3-5-8-15/h3-10,20H,2,11-14H2,1H3. The summed E-state index contributed by atoms with van der Waals surface area (Å²) in [5, 5.41) is 10.2. The van der Waals surface area contributed by atoms with E-state index < -0.39 is 5.60 Å². The molecule has 22 heavy (non-hydrogen) atoms. The van der Waals surface area contributed by atoms with Gasteiger partial charge in [0.25, 0.3) is 0 Å². The van der Waals surface area contributed by atoms with E-state index in [9.17, 15) is 5.11 Å². The number of hydrogen-bond acceptors (Lipinski definition) is 3. The fourth-order valence-corrected chi connectivity index (χ4v) is 2.54. The highest BCUT2D eigenvalue weighted by Crippen LogP contribution is 2.42. The fourth-order valence-electron chi connectivity index (χ4n) is 2.54. The van der Waals surface area contributed by atoms with Crippen LogP contribution in [0.4, 0.5) is 0 Å². The Balaban J connectivity index is 1.81. The van der Waals surface area contributed by atoms with Gasteiger partial charge in [-0.3, -0.25) is 0 Å². The number of aliphatic hydroxyl groups is 1. The normalized spacial score (nSPS) is 15.4. The van der Waals surface area contributed by atoms with Crippen LogP contribution in [0, 0.1) is 0 Å². The molecule has 2 aromatic carbocycles. The van der Waals surface area contributed by atoms with Crippen molar-refractivity contribution in [1.82, 2.24) is 0 Å². The molecule has 0 spiro atoms. The van der Waals surface area contributed by atoms with E-state index in [1.807, 2.05) is 55.5 Å². The van der Waals surface area contributed by atoms with Crippen molar-refractivity contribution < 1.29 is 14.6 Å². The summed E-state index contributed by atoms with van der Waals surface area (Å²) >= 11 is 0. The first-order chi connectivity index (χ1) is 10.7. The maximum absolute atomic E-state index is 10.2. The maximum atomic E-state index is 10.2. The molecule has 1 aliphatic carbocycles. The van der Waals surface area contributed by atoms with Crippen LogP contribution >= 0.6 is 0 Å². The lowest BCUT2D eigenvalue weighted by Gasteiger charge is -2.17. The number of hydrogen-bond donors (Lipinski definition) is 1. The molecular formula is C19H22O3. The largest absolute Gasteiger partial charge is 0.490 e. The van der Waals surface area contributed by atoms with Crippen molar-refractivity contribution in [1.29, 1.82) is 0 Å². The summed E-state index contributed by atoms with van der Waals surface area (Å²) in [6, 6.07) is 16.0. The first-order valence-electron chi connectivity index (χ1n) is 7.84. The minimum Gasteiger partial charge on any atom is -0.490 e. The molecule has 1 saturated carbocycles. The van der Waals surface area contributed by atoms with Crippen LogP contribution in [0.25, 0.3) is 0 Å². The molecule has 3 rings (SSSR count). The van der Waals surface area contributed by atoms with Gasteiger partial charge >= 0.3 is 0 Å². The van der Waals surface area contributed by atoms with Gasteiger partial charge in [-0.05, 0) is 31.4 Å². The van der Waals surface area contributed by atoms with Crippen LogP contribution in [0.5, 0.6) is 11.5 Å². The number of para-hydroxylation sites is 1. The molecule has 0 atom stereocenters. The fraction of sp³-hybridized carbons (Fsp3) is 0.368. The molecule has 0 saturated heterocycles. The molecule has 0 aliphatic heterocycles. The van der Waals surface area contributed by atoms with Crippen molar-refractivity contribution in [3.8, 4) is 11.5 Å². The van der Waals surface area contributed by atoms with Gasteiger partial charge in [0.2, 0.25) is 0 Å². The van der Waals surface area contributed by atoms with Gasteiger partial charge in [-0.1, -0.05) is 42.5 Å².